The summed E-state index contributed by atoms with van der Waals surface area (Å²) in [4.78, 5) is 0. The molecule has 66 valence electrons. The van der Waals surface area contributed by atoms with Crippen molar-refractivity contribution >= 4 is 0 Å². The molecule has 4 fully saturated rings. The van der Waals surface area contributed by atoms with Gasteiger partial charge in [-0.25, -0.2) is 0 Å². The number of hydrogen-bond donors (Lipinski definition) is 0. The van der Waals surface area contributed by atoms with Gasteiger partial charge in [-0.15, -0.1) is 0 Å². The first-order valence-electron chi connectivity index (χ1n) is 4.75. The molecule has 0 heterocycles. The predicted octanol–water partition coefficient (Wildman–Crippen LogP) is 3.10. The summed E-state index contributed by atoms with van der Waals surface area (Å²) in [7, 11) is 0. The molecule has 4 rings (SSSR count). The van der Waals surface area contributed by atoms with Crippen LogP contribution in [0.1, 0.15) is 32.1 Å². The number of rotatable bonds is 0. The van der Waals surface area contributed by atoms with Gasteiger partial charge in [0.25, 0.3) is 0 Å². The molecule has 0 aromatic heterocycles. The number of hydrogen-bond acceptors (Lipinski definition) is 0. The van der Waals surface area contributed by atoms with E-state index in [0.29, 0.717) is 0 Å². The fourth-order valence-electron chi connectivity index (χ4n) is 3.65. The normalized spacial score (nSPS) is 48.0. The van der Waals surface area contributed by atoms with Gasteiger partial charge in [0, 0.05) is 0 Å². The molecule has 0 nitrogen and oxygen atoms in total. The van der Waals surface area contributed by atoms with Gasteiger partial charge >= 0.3 is 0 Å². The van der Waals surface area contributed by atoms with E-state index in [0.717, 1.165) is 23.7 Å². The molecule has 12 heavy (non-hydrogen) atoms. The summed E-state index contributed by atoms with van der Waals surface area (Å²) in [5.74, 6) is 4.40. The predicted molar refractivity (Wildman–Crippen MR) is 47.8 cm³/mol. The third-order valence-electron chi connectivity index (χ3n) is 3.76. The SMILES string of the molecule is [CH-]1C2CC3CC1CC(C2)C3.[CH3-].[Sg]. The molecule has 0 aliphatic heterocycles. The molecule has 0 N–H and O–H groups in total. The summed E-state index contributed by atoms with van der Waals surface area (Å²) in [6, 6.07) is 0. The van der Waals surface area contributed by atoms with Crippen molar-refractivity contribution in [2.24, 2.45) is 23.7 Å². The van der Waals surface area contributed by atoms with Crippen LogP contribution in [0.15, 0.2) is 0 Å². The minimum Gasteiger partial charge on any atom is -0.358 e. The Morgan fingerprint density at radius 2 is 1.17 bits per heavy atom. The van der Waals surface area contributed by atoms with Crippen LogP contribution in [0.5, 0.6) is 0 Å². The van der Waals surface area contributed by atoms with E-state index in [1.807, 2.05) is 0 Å². The van der Waals surface area contributed by atoms with Crippen molar-refractivity contribution in [3.05, 3.63) is 13.8 Å². The fourth-order valence-corrected chi connectivity index (χ4v) is 3.65. The Labute approximate surface area is 70.4 Å². The van der Waals surface area contributed by atoms with Crippen molar-refractivity contribution in [2.45, 2.75) is 32.1 Å². The molecule has 4 bridgehead atoms. The topological polar surface area (TPSA) is 0 Å². The second-order valence-corrected chi connectivity index (χ2v) is 4.62. The third kappa shape index (κ3) is 1.09. The van der Waals surface area contributed by atoms with Crippen molar-refractivity contribution in [1.82, 2.24) is 0 Å². The average molecular weight is 419 g/mol. The van der Waals surface area contributed by atoms with Crippen LogP contribution >= 0.6 is 0 Å². The van der Waals surface area contributed by atoms with Crippen LogP contribution in [-0.4, -0.2) is 0 Å². The summed E-state index contributed by atoms with van der Waals surface area (Å²) in [6.07, 6.45) is 10.4. The second-order valence-electron chi connectivity index (χ2n) is 4.62. The summed E-state index contributed by atoms with van der Waals surface area (Å²) < 4.78 is 0. The van der Waals surface area contributed by atoms with E-state index in [1.165, 1.54) is 0 Å². The molecular weight excluding hydrogens is 401 g/mol. The first-order chi connectivity index (χ1) is 4.90. The van der Waals surface area contributed by atoms with Gasteiger partial charge in [0.2, 0.25) is 0 Å². The van der Waals surface area contributed by atoms with Gasteiger partial charge in [-0.3, -0.25) is 0 Å². The van der Waals surface area contributed by atoms with Crippen LogP contribution in [0.4, 0.5) is 0 Å². The van der Waals surface area contributed by atoms with Crippen LogP contribution in [0.25, 0.3) is 0 Å². The van der Waals surface area contributed by atoms with Crippen LogP contribution in [0, 0.1) is 37.5 Å². The van der Waals surface area contributed by atoms with Crippen molar-refractivity contribution in [3.63, 3.8) is 0 Å². The first kappa shape index (κ1) is 9.09. The van der Waals surface area contributed by atoms with Gasteiger partial charge in [-0.2, -0.15) is 11.8 Å². The fraction of sp³-hybridized carbons (Fsp3) is 0.818. The quantitative estimate of drug-likeness (QED) is 0.530. The van der Waals surface area contributed by atoms with Gasteiger partial charge < -0.3 is 13.8 Å². The van der Waals surface area contributed by atoms with Crippen molar-refractivity contribution in [1.29, 1.82) is 0 Å². The van der Waals surface area contributed by atoms with Gasteiger partial charge in [-0.05, 0) is 18.3 Å². The molecule has 0 spiro atoms. The minimum absolute atomic E-state index is 0. The maximum atomic E-state index is 2.66. The molecule has 4 saturated carbocycles. The Morgan fingerprint density at radius 3 is 1.50 bits per heavy atom. The van der Waals surface area contributed by atoms with Gasteiger partial charge in [0.05, 0.1) is 0 Å². The molecule has 0 saturated heterocycles. The van der Waals surface area contributed by atoms with Crippen LogP contribution in [0.2, 0.25) is 0 Å². The zero-order chi connectivity index (χ0) is 6.55. The van der Waals surface area contributed by atoms with Gasteiger partial charge in [-0.1, -0.05) is 25.7 Å². The molecule has 0 unspecified atom stereocenters. The Hall–Kier alpha value is -1.00. The Balaban J connectivity index is 0.000000360. The van der Waals surface area contributed by atoms with E-state index in [9.17, 15) is 0 Å². The standard InChI is InChI=1S/C10H15.CH3.Sg/c1-7-2-9-4-8(1)5-10(3-7)6-9;;/h1,7-10H,2-6H2;1H3;/q2*-1;. The van der Waals surface area contributed by atoms with E-state index in [1.54, 1.807) is 32.1 Å². The summed E-state index contributed by atoms with van der Waals surface area (Å²) in [5, 5.41) is 0. The minimum atomic E-state index is 0. The summed E-state index contributed by atoms with van der Waals surface area (Å²) in [5.41, 5.74) is 0. The van der Waals surface area contributed by atoms with Crippen LogP contribution < -0.4 is 0 Å². The van der Waals surface area contributed by atoms with Gasteiger partial charge in [0.15, 0.2) is 0 Å². The monoisotopic (exact) mass is 421 g/mol. The largest absolute Gasteiger partial charge is 0.358 e. The molecule has 0 amide bonds. The van der Waals surface area contributed by atoms with E-state index in [4.69, 9.17) is 0 Å². The van der Waals surface area contributed by atoms with Crippen molar-refractivity contribution in [2.75, 3.05) is 0 Å². The molecule has 4 aliphatic carbocycles. The van der Waals surface area contributed by atoms with E-state index >= 15 is 0 Å². The molecule has 0 radical (unpaired) electrons. The maximum absolute atomic E-state index is 2.66. The van der Waals surface area contributed by atoms with Crippen molar-refractivity contribution < 1.29 is 0 Å². The Morgan fingerprint density at radius 1 is 0.750 bits per heavy atom. The first-order valence-corrected chi connectivity index (χ1v) is 4.75. The second kappa shape index (κ2) is 2.80. The summed E-state index contributed by atoms with van der Waals surface area (Å²) >= 11 is 0. The molecule has 0 aromatic rings. The van der Waals surface area contributed by atoms with Gasteiger partial charge in [0.1, 0.15) is 0 Å². The smallest absolute Gasteiger partial charge is 0 e. The molecule has 1 heteroatoms. The zero-order valence-electron chi connectivity index (χ0n) is 8.13. The van der Waals surface area contributed by atoms with Crippen molar-refractivity contribution in [3.8, 4) is 0 Å². The third-order valence-corrected chi connectivity index (χ3v) is 3.76. The summed E-state index contributed by atoms with van der Waals surface area (Å²) in [6.45, 7) is 0. The van der Waals surface area contributed by atoms with E-state index in [2.05, 4.69) is 6.42 Å². The maximum Gasteiger partial charge on any atom is 0 e. The Kier molecular flexibility index (Phi) is 2.12. The van der Waals surface area contributed by atoms with Crippen LogP contribution in [0.3, 0.4) is 0 Å². The molecular formula is C11H18Sg-2. The Bertz CT molecular complexity index is 96.6. The molecule has 0 aromatic carbocycles. The average Bonchev–Trinajstić information content (AvgIpc) is 1.82. The molecule has 4 aliphatic rings. The zero-order valence-corrected chi connectivity index (χ0v) is 14.6. The molecule has 0 atom stereocenters. The van der Waals surface area contributed by atoms with E-state index in [-0.39, 0.29) is 7.43 Å². The van der Waals surface area contributed by atoms with E-state index < -0.39 is 0 Å². The van der Waals surface area contributed by atoms with Crippen LogP contribution in [-0.2, 0) is 0 Å².